The molecule has 3 aromatic rings. The van der Waals surface area contributed by atoms with Gasteiger partial charge in [-0.1, -0.05) is 35.9 Å². The summed E-state index contributed by atoms with van der Waals surface area (Å²) in [6, 6.07) is 11.2. The number of aliphatic carboxylic acids is 1. The van der Waals surface area contributed by atoms with Gasteiger partial charge in [-0.25, -0.2) is 4.79 Å². The van der Waals surface area contributed by atoms with E-state index in [1.807, 2.05) is 0 Å². The Balaban J connectivity index is 1.84. The van der Waals surface area contributed by atoms with Crippen molar-refractivity contribution < 1.29 is 29.3 Å². The normalized spacial score (nSPS) is 11.4. The van der Waals surface area contributed by atoms with E-state index in [9.17, 15) is 24.6 Å². The van der Waals surface area contributed by atoms with Crippen LogP contribution in [-0.2, 0) is 11.3 Å². The molecule has 0 saturated carbocycles. The SMILES string of the molecule is CCOc1cc([C@H](CC(=O)O)NC(=O)Nc2c(O)ccn(Cc3ccccc3Cl)c2=O)ccc1OC. The third kappa shape index (κ3) is 6.48. The molecule has 2 amide bonds. The summed E-state index contributed by atoms with van der Waals surface area (Å²) in [7, 11) is 1.48. The van der Waals surface area contributed by atoms with Crippen LogP contribution < -0.4 is 25.7 Å². The van der Waals surface area contributed by atoms with Crippen LogP contribution in [0.3, 0.4) is 0 Å². The molecule has 0 spiro atoms. The Labute approximate surface area is 212 Å². The zero-order chi connectivity index (χ0) is 26.2. The number of ether oxygens (including phenoxy) is 2. The minimum atomic E-state index is -1.15. The largest absolute Gasteiger partial charge is 0.505 e. The van der Waals surface area contributed by atoms with Gasteiger partial charge < -0.3 is 34.9 Å². The number of amides is 2. The van der Waals surface area contributed by atoms with Crippen molar-refractivity contribution >= 4 is 29.3 Å². The van der Waals surface area contributed by atoms with Gasteiger partial charge in [0.1, 0.15) is 5.75 Å². The maximum atomic E-state index is 13.0. The Morgan fingerprint density at radius 3 is 2.56 bits per heavy atom. The number of hydrogen-bond acceptors (Lipinski definition) is 6. The maximum absolute atomic E-state index is 13.0. The van der Waals surface area contributed by atoms with Crippen molar-refractivity contribution in [3.8, 4) is 17.2 Å². The summed E-state index contributed by atoms with van der Waals surface area (Å²) in [5.74, 6) is -0.757. The number of anilines is 1. The van der Waals surface area contributed by atoms with Crippen LogP contribution in [0.25, 0.3) is 0 Å². The first-order valence-electron chi connectivity index (χ1n) is 11.0. The van der Waals surface area contributed by atoms with Crippen molar-refractivity contribution in [2.24, 2.45) is 0 Å². The molecule has 1 atom stereocenters. The molecule has 0 aliphatic heterocycles. The summed E-state index contributed by atoms with van der Waals surface area (Å²) < 4.78 is 12.1. The lowest BCUT2D eigenvalue weighted by atomic mass is 10.0. The maximum Gasteiger partial charge on any atom is 0.319 e. The van der Waals surface area contributed by atoms with Gasteiger partial charge in [-0.2, -0.15) is 0 Å². The molecule has 11 heteroatoms. The van der Waals surface area contributed by atoms with E-state index in [4.69, 9.17) is 21.1 Å². The molecule has 0 aliphatic rings. The highest BCUT2D eigenvalue weighted by molar-refractivity contribution is 6.31. The van der Waals surface area contributed by atoms with E-state index >= 15 is 0 Å². The fourth-order valence-electron chi connectivity index (χ4n) is 3.53. The van der Waals surface area contributed by atoms with Gasteiger partial charge in [0.05, 0.1) is 32.7 Å². The smallest absolute Gasteiger partial charge is 0.319 e. The second-order valence-electron chi connectivity index (χ2n) is 7.69. The minimum Gasteiger partial charge on any atom is -0.505 e. The third-order valence-electron chi connectivity index (χ3n) is 5.25. The number of carboxylic acid groups (broad SMARTS) is 1. The van der Waals surface area contributed by atoms with Crippen LogP contribution >= 0.6 is 11.6 Å². The zero-order valence-electron chi connectivity index (χ0n) is 19.7. The number of aromatic nitrogens is 1. The Morgan fingerprint density at radius 2 is 1.89 bits per heavy atom. The van der Waals surface area contributed by atoms with E-state index in [0.717, 1.165) is 0 Å². The number of methoxy groups -OCH3 is 1. The molecule has 3 rings (SSSR count). The molecule has 0 radical (unpaired) electrons. The Bertz CT molecular complexity index is 1310. The van der Waals surface area contributed by atoms with E-state index in [1.165, 1.54) is 23.9 Å². The van der Waals surface area contributed by atoms with E-state index in [-0.39, 0.29) is 12.2 Å². The van der Waals surface area contributed by atoms with Gasteiger partial charge in [-0.15, -0.1) is 0 Å². The van der Waals surface area contributed by atoms with Gasteiger partial charge in [-0.3, -0.25) is 9.59 Å². The Morgan fingerprint density at radius 1 is 1.14 bits per heavy atom. The van der Waals surface area contributed by atoms with Crippen molar-refractivity contribution in [3.05, 3.63) is 81.2 Å². The number of nitrogens with zero attached hydrogens (tertiary/aromatic N) is 1. The molecule has 0 unspecified atom stereocenters. The van der Waals surface area contributed by atoms with Crippen molar-refractivity contribution in [1.82, 2.24) is 9.88 Å². The Kier molecular flexibility index (Phi) is 8.80. The molecule has 2 aromatic carbocycles. The van der Waals surface area contributed by atoms with Crippen molar-refractivity contribution in [2.45, 2.75) is 25.9 Å². The molecular weight excluding hydrogens is 490 g/mol. The average molecular weight is 516 g/mol. The number of nitrogens with one attached hydrogen (secondary N) is 2. The van der Waals surface area contributed by atoms with E-state index < -0.39 is 35.8 Å². The molecule has 0 aliphatic carbocycles. The number of carboxylic acids is 1. The monoisotopic (exact) mass is 515 g/mol. The van der Waals surface area contributed by atoms with Crippen LogP contribution in [-0.4, -0.2) is 40.5 Å². The van der Waals surface area contributed by atoms with Crippen LogP contribution in [0.1, 0.15) is 30.5 Å². The number of urea groups is 1. The molecule has 10 nitrogen and oxygen atoms in total. The zero-order valence-corrected chi connectivity index (χ0v) is 20.4. The topological polar surface area (TPSA) is 139 Å². The predicted molar refractivity (Wildman–Crippen MR) is 134 cm³/mol. The van der Waals surface area contributed by atoms with E-state index in [1.54, 1.807) is 49.4 Å². The summed E-state index contributed by atoms with van der Waals surface area (Å²) in [6.45, 7) is 2.26. The van der Waals surface area contributed by atoms with Gasteiger partial charge in [-0.05, 0) is 42.3 Å². The second kappa shape index (κ2) is 12.0. The second-order valence-corrected chi connectivity index (χ2v) is 8.10. The first-order chi connectivity index (χ1) is 17.2. The lowest BCUT2D eigenvalue weighted by Crippen LogP contribution is -2.36. The molecule has 4 N–H and O–H groups in total. The number of pyridine rings is 1. The Hall–Kier alpha value is -4.18. The quantitative estimate of drug-likeness (QED) is 0.320. The summed E-state index contributed by atoms with van der Waals surface area (Å²) in [6.07, 6.45) is 0.937. The summed E-state index contributed by atoms with van der Waals surface area (Å²) in [4.78, 5) is 37.2. The fraction of sp³-hybridized carbons (Fsp3) is 0.240. The highest BCUT2D eigenvalue weighted by Crippen LogP contribution is 2.31. The van der Waals surface area contributed by atoms with Crippen molar-refractivity contribution in [3.63, 3.8) is 0 Å². The van der Waals surface area contributed by atoms with Crippen LogP contribution in [0.5, 0.6) is 17.2 Å². The van der Waals surface area contributed by atoms with Crippen LogP contribution in [0, 0.1) is 0 Å². The van der Waals surface area contributed by atoms with Gasteiger partial charge in [0, 0.05) is 11.2 Å². The van der Waals surface area contributed by atoms with Gasteiger partial charge >= 0.3 is 12.0 Å². The van der Waals surface area contributed by atoms with Crippen molar-refractivity contribution in [1.29, 1.82) is 0 Å². The molecule has 190 valence electrons. The number of aromatic hydroxyl groups is 1. The molecule has 0 fully saturated rings. The fourth-order valence-corrected chi connectivity index (χ4v) is 3.73. The summed E-state index contributed by atoms with van der Waals surface area (Å²) in [5.41, 5.74) is 0.0995. The minimum absolute atomic E-state index is 0.114. The summed E-state index contributed by atoms with van der Waals surface area (Å²) >= 11 is 6.18. The molecule has 0 bridgehead atoms. The van der Waals surface area contributed by atoms with Crippen molar-refractivity contribution in [2.75, 3.05) is 19.0 Å². The lowest BCUT2D eigenvalue weighted by molar-refractivity contribution is -0.137. The molecule has 1 aromatic heterocycles. The first kappa shape index (κ1) is 26.4. The standard InChI is InChI=1S/C25H26ClN3O7/c1-3-36-21-12-15(8-9-20(21)35-2)18(13-22(31)32)27-25(34)28-23-19(30)10-11-29(24(23)33)14-16-6-4-5-7-17(16)26/h4-12,18,30H,3,13-14H2,1-2H3,(H,31,32)(H2,27,28,34)/t18-/m0/s1. The van der Waals surface area contributed by atoms with Gasteiger partial charge in [0.25, 0.3) is 5.56 Å². The number of carbonyl (C=O) groups is 2. The molecule has 1 heterocycles. The van der Waals surface area contributed by atoms with Crippen LogP contribution in [0.4, 0.5) is 10.5 Å². The first-order valence-corrected chi connectivity index (χ1v) is 11.4. The third-order valence-corrected chi connectivity index (χ3v) is 5.62. The molecular formula is C25H26ClN3O7. The number of benzene rings is 2. The highest BCUT2D eigenvalue weighted by Gasteiger charge is 2.22. The highest BCUT2D eigenvalue weighted by atomic mass is 35.5. The summed E-state index contributed by atoms with van der Waals surface area (Å²) in [5, 5.41) is 25.0. The number of rotatable bonds is 10. The van der Waals surface area contributed by atoms with Gasteiger partial charge in [0.2, 0.25) is 0 Å². The van der Waals surface area contributed by atoms with Crippen LogP contribution in [0.2, 0.25) is 5.02 Å². The lowest BCUT2D eigenvalue weighted by Gasteiger charge is -2.20. The predicted octanol–water partition coefficient (Wildman–Crippen LogP) is 4.00. The van der Waals surface area contributed by atoms with E-state index in [0.29, 0.717) is 34.3 Å². The molecule has 0 saturated heterocycles. The number of hydrogen-bond donors (Lipinski definition) is 4. The van der Waals surface area contributed by atoms with Crippen LogP contribution in [0.15, 0.2) is 59.5 Å². The molecule has 36 heavy (non-hydrogen) atoms. The average Bonchev–Trinajstić information content (AvgIpc) is 2.84. The van der Waals surface area contributed by atoms with Gasteiger partial charge in [0.15, 0.2) is 17.2 Å². The number of carbonyl (C=O) groups excluding carboxylic acids is 1. The van der Waals surface area contributed by atoms with E-state index in [2.05, 4.69) is 10.6 Å². The number of halogens is 1.